The first-order chi connectivity index (χ1) is 8.90. The van der Waals surface area contributed by atoms with Gasteiger partial charge in [0.2, 0.25) is 0 Å². The largest absolute Gasteiger partial charge is 0.389 e. The van der Waals surface area contributed by atoms with Crippen LogP contribution in [0.5, 0.6) is 0 Å². The van der Waals surface area contributed by atoms with Crippen LogP contribution in [-0.4, -0.2) is 54.1 Å². The Morgan fingerprint density at radius 3 is 2.58 bits per heavy atom. The zero-order chi connectivity index (χ0) is 14.2. The van der Waals surface area contributed by atoms with Crippen molar-refractivity contribution >= 4 is 17.3 Å². The van der Waals surface area contributed by atoms with Crippen molar-refractivity contribution in [3.63, 3.8) is 0 Å². The molecule has 1 heterocycles. The SMILES string of the molecule is CN(C)C(=O)c1ccc(N2CC(O)C2)c([N+](=O)[O-])c1. The van der Waals surface area contributed by atoms with Crippen molar-refractivity contribution in [2.75, 3.05) is 32.1 Å². The number of nitrogens with zero attached hydrogens (tertiary/aromatic N) is 3. The van der Waals surface area contributed by atoms with E-state index in [0.29, 0.717) is 18.8 Å². The van der Waals surface area contributed by atoms with E-state index in [1.54, 1.807) is 31.1 Å². The standard InChI is InChI=1S/C12H15N3O4/c1-13(2)12(17)8-3-4-10(11(5-8)15(18)19)14-6-9(16)7-14/h3-5,9,16H,6-7H2,1-2H3. The number of aliphatic hydroxyl groups is 1. The molecule has 1 aliphatic rings. The van der Waals surface area contributed by atoms with Crippen molar-refractivity contribution in [2.45, 2.75) is 6.10 Å². The zero-order valence-electron chi connectivity index (χ0n) is 10.7. The van der Waals surface area contributed by atoms with Crippen LogP contribution in [0.2, 0.25) is 0 Å². The molecule has 0 aliphatic carbocycles. The minimum Gasteiger partial charge on any atom is -0.389 e. The quantitative estimate of drug-likeness (QED) is 0.634. The lowest BCUT2D eigenvalue weighted by atomic mass is 10.1. The predicted molar refractivity (Wildman–Crippen MR) is 69.3 cm³/mol. The molecule has 102 valence electrons. The smallest absolute Gasteiger partial charge is 0.293 e. The Morgan fingerprint density at radius 1 is 1.47 bits per heavy atom. The molecule has 0 unspecified atom stereocenters. The van der Waals surface area contributed by atoms with Crippen LogP contribution in [0.4, 0.5) is 11.4 Å². The number of rotatable bonds is 3. The molecule has 0 bridgehead atoms. The molecule has 1 N–H and O–H groups in total. The third-order valence-corrected chi connectivity index (χ3v) is 3.03. The number of hydrogen-bond donors (Lipinski definition) is 1. The van der Waals surface area contributed by atoms with Gasteiger partial charge in [-0.25, -0.2) is 0 Å². The molecule has 1 fully saturated rings. The van der Waals surface area contributed by atoms with Crippen molar-refractivity contribution in [1.82, 2.24) is 4.90 Å². The van der Waals surface area contributed by atoms with Crippen molar-refractivity contribution in [1.29, 1.82) is 0 Å². The molecule has 1 aliphatic heterocycles. The van der Waals surface area contributed by atoms with Gasteiger partial charge in [-0.2, -0.15) is 0 Å². The maximum absolute atomic E-state index is 11.8. The van der Waals surface area contributed by atoms with E-state index in [2.05, 4.69) is 0 Å². The second kappa shape index (κ2) is 4.85. The van der Waals surface area contributed by atoms with E-state index in [0.717, 1.165) is 0 Å². The molecule has 2 rings (SSSR count). The summed E-state index contributed by atoms with van der Waals surface area (Å²) in [5, 5.41) is 20.3. The van der Waals surface area contributed by atoms with E-state index in [9.17, 15) is 20.0 Å². The van der Waals surface area contributed by atoms with E-state index in [4.69, 9.17) is 0 Å². The van der Waals surface area contributed by atoms with E-state index in [1.807, 2.05) is 0 Å². The normalized spacial score (nSPS) is 15.0. The summed E-state index contributed by atoms with van der Waals surface area (Å²) in [5.41, 5.74) is 0.603. The lowest BCUT2D eigenvalue weighted by Gasteiger charge is -2.37. The van der Waals surface area contributed by atoms with Crippen LogP contribution in [0.25, 0.3) is 0 Å². The Hall–Kier alpha value is -2.15. The number of benzene rings is 1. The highest BCUT2D eigenvalue weighted by molar-refractivity contribution is 5.95. The van der Waals surface area contributed by atoms with E-state index in [1.165, 1.54) is 11.0 Å². The van der Waals surface area contributed by atoms with Crippen LogP contribution < -0.4 is 4.90 Å². The van der Waals surface area contributed by atoms with Gasteiger partial charge in [0.1, 0.15) is 5.69 Å². The highest BCUT2D eigenvalue weighted by Gasteiger charge is 2.30. The van der Waals surface area contributed by atoms with Gasteiger partial charge in [-0.05, 0) is 12.1 Å². The van der Waals surface area contributed by atoms with Crippen molar-refractivity contribution in [2.24, 2.45) is 0 Å². The number of nitro groups is 1. The fourth-order valence-electron chi connectivity index (χ4n) is 1.98. The summed E-state index contributed by atoms with van der Waals surface area (Å²) in [5.74, 6) is -0.279. The molecule has 0 spiro atoms. The van der Waals surface area contributed by atoms with Crippen LogP contribution in [0.1, 0.15) is 10.4 Å². The molecule has 19 heavy (non-hydrogen) atoms. The fraction of sp³-hybridized carbons (Fsp3) is 0.417. The van der Waals surface area contributed by atoms with Gasteiger partial charge in [-0.3, -0.25) is 14.9 Å². The van der Waals surface area contributed by atoms with E-state index in [-0.39, 0.29) is 17.2 Å². The van der Waals surface area contributed by atoms with Crippen LogP contribution in [0, 0.1) is 10.1 Å². The Balaban J connectivity index is 2.36. The Labute approximate surface area is 110 Å². The molecular formula is C12H15N3O4. The van der Waals surface area contributed by atoms with Gasteiger partial charge in [0.05, 0.1) is 11.0 Å². The first-order valence-corrected chi connectivity index (χ1v) is 5.83. The monoisotopic (exact) mass is 265 g/mol. The summed E-state index contributed by atoms with van der Waals surface area (Å²) in [7, 11) is 3.18. The Kier molecular flexibility index (Phi) is 3.39. The summed E-state index contributed by atoms with van der Waals surface area (Å²) in [6.45, 7) is 0.754. The minimum atomic E-state index is -0.507. The van der Waals surface area contributed by atoms with Crippen molar-refractivity contribution in [3.8, 4) is 0 Å². The molecule has 0 radical (unpaired) electrons. The second-order valence-corrected chi connectivity index (χ2v) is 4.72. The van der Waals surface area contributed by atoms with Gasteiger partial charge in [-0.15, -0.1) is 0 Å². The van der Waals surface area contributed by atoms with Crippen LogP contribution in [0.15, 0.2) is 18.2 Å². The Morgan fingerprint density at radius 2 is 2.11 bits per heavy atom. The second-order valence-electron chi connectivity index (χ2n) is 4.72. The van der Waals surface area contributed by atoms with Gasteiger partial charge < -0.3 is 14.9 Å². The van der Waals surface area contributed by atoms with Crippen molar-refractivity contribution in [3.05, 3.63) is 33.9 Å². The Bertz CT molecular complexity index is 524. The highest BCUT2D eigenvalue weighted by atomic mass is 16.6. The molecule has 1 aromatic rings. The maximum atomic E-state index is 11.8. The van der Waals surface area contributed by atoms with Gasteiger partial charge >= 0.3 is 0 Å². The summed E-state index contributed by atoms with van der Waals surface area (Å²) >= 11 is 0. The average Bonchev–Trinajstić information content (AvgIpc) is 2.33. The van der Waals surface area contributed by atoms with E-state index >= 15 is 0 Å². The summed E-state index contributed by atoms with van der Waals surface area (Å²) < 4.78 is 0. The van der Waals surface area contributed by atoms with Gasteiger partial charge in [0, 0.05) is 38.8 Å². The molecule has 7 nitrogen and oxygen atoms in total. The lowest BCUT2D eigenvalue weighted by molar-refractivity contribution is -0.384. The number of amides is 1. The predicted octanol–water partition coefficient (Wildman–Crippen LogP) is 0.478. The minimum absolute atomic E-state index is 0.111. The van der Waals surface area contributed by atoms with Gasteiger partial charge in [-0.1, -0.05) is 0 Å². The molecule has 0 aromatic heterocycles. The lowest BCUT2D eigenvalue weighted by Crippen LogP contribution is -2.51. The molecule has 0 saturated carbocycles. The number of hydrogen-bond acceptors (Lipinski definition) is 5. The highest BCUT2D eigenvalue weighted by Crippen LogP contribution is 2.32. The number of carbonyl (C=O) groups is 1. The molecular weight excluding hydrogens is 250 g/mol. The van der Waals surface area contributed by atoms with Crippen LogP contribution >= 0.6 is 0 Å². The molecule has 1 amide bonds. The molecule has 1 saturated heterocycles. The number of anilines is 1. The fourth-order valence-corrected chi connectivity index (χ4v) is 1.98. The first kappa shape index (κ1) is 13.3. The number of β-amino-alcohol motifs (C(OH)–C–C–N with tert-alkyl or cyclic N) is 1. The third-order valence-electron chi connectivity index (χ3n) is 3.03. The number of aliphatic hydroxyl groups excluding tert-OH is 1. The molecule has 1 aromatic carbocycles. The summed E-state index contributed by atoms with van der Waals surface area (Å²) in [4.78, 5) is 25.4. The van der Waals surface area contributed by atoms with Crippen molar-refractivity contribution < 1.29 is 14.8 Å². The number of nitro benzene ring substituents is 1. The first-order valence-electron chi connectivity index (χ1n) is 5.83. The third kappa shape index (κ3) is 2.50. The average molecular weight is 265 g/mol. The summed E-state index contributed by atoms with van der Waals surface area (Å²) in [6, 6.07) is 4.40. The molecule has 0 atom stereocenters. The topological polar surface area (TPSA) is 86.9 Å². The number of carbonyl (C=O) groups excluding carboxylic acids is 1. The van der Waals surface area contributed by atoms with Crippen LogP contribution in [0.3, 0.4) is 0 Å². The summed E-state index contributed by atoms with van der Waals surface area (Å²) in [6.07, 6.45) is -0.442. The molecule has 7 heteroatoms. The van der Waals surface area contributed by atoms with Crippen LogP contribution in [-0.2, 0) is 0 Å². The maximum Gasteiger partial charge on any atom is 0.293 e. The van der Waals surface area contributed by atoms with Gasteiger partial charge in [0.15, 0.2) is 0 Å². The van der Waals surface area contributed by atoms with Gasteiger partial charge in [0.25, 0.3) is 11.6 Å². The zero-order valence-corrected chi connectivity index (χ0v) is 10.7. The van der Waals surface area contributed by atoms with E-state index < -0.39 is 11.0 Å².